The molecule has 0 aromatic heterocycles. The molecule has 0 atom stereocenters. The van der Waals surface area contributed by atoms with Gasteiger partial charge < -0.3 is 4.74 Å². The first-order valence-corrected chi connectivity index (χ1v) is 9.64. The van der Waals surface area contributed by atoms with Gasteiger partial charge in [0.25, 0.3) is 0 Å². The van der Waals surface area contributed by atoms with E-state index in [1.54, 1.807) is 6.07 Å². The van der Waals surface area contributed by atoms with Gasteiger partial charge in [-0.15, -0.1) is 0 Å². The molecule has 0 N–H and O–H groups in total. The van der Waals surface area contributed by atoms with Crippen LogP contribution in [0.4, 0.5) is 17.6 Å². The van der Waals surface area contributed by atoms with Crippen molar-refractivity contribution in [2.24, 2.45) is 0 Å². The Labute approximate surface area is 155 Å². The molecule has 150 valence electrons. The summed E-state index contributed by atoms with van der Waals surface area (Å²) in [5, 5.41) is 8.75. The molecule has 0 spiro atoms. The van der Waals surface area contributed by atoms with E-state index >= 15 is 0 Å². The van der Waals surface area contributed by atoms with E-state index in [4.69, 9.17) is 10.00 Å². The van der Waals surface area contributed by atoms with E-state index in [0.29, 0.717) is 51.0 Å². The number of nitrogens with zero attached hydrogens (tertiary/aromatic N) is 3. The van der Waals surface area contributed by atoms with Crippen LogP contribution in [0.25, 0.3) is 0 Å². The van der Waals surface area contributed by atoms with Gasteiger partial charge in [0.1, 0.15) is 10.7 Å². The summed E-state index contributed by atoms with van der Waals surface area (Å²) in [7, 11) is -4.54. The Hall–Kier alpha value is -1.74. The van der Waals surface area contributed by atoms with Gasteiger partial charge in [0.05, 0.1) is 24.8 Å². The topological polar surface area (TPSA) is 73.6 Å². The second kappa shape index (κ2) is 8.97. The molecule has 2 rings (SSSR count). The second-order valence-electron chi connectivity index (χ2n) is 5.91. The molecule has 0 unspecified atom stereocenters. The molecule has 0 amide bonds. The zero-order valence-corrected chi connectivity index (χ0v) is 15.2. The Balaban J connectivity index is 2.28. The van der Waals surface area contributed by atoms with Crippen LogP contribution >= 0.6 is 0 Å². The highest BCUT2D eigenvalue weighted by atomic mass is 32.2. The number of halogens is 4. The molecule has 11 heteroatoms. The smallest absolute Gasteiger partial charge is 0.379 e. The predicted octanol–water partition coefficient (Wildman–Crippen LogP) is 2.08. The highest BCUT2D eigenvalue weighted by Gasteiger charge is 2.35. The minimum Gasteiger partial charge on any atom is -0.379 e. The summed E-state index contributed by atoms with van der Waals surface area (Å²) >= 11 is 0. The molecule has 0 aliphatic carbocycles. The van der Waals surface area contributed by atoms with Gasteiger partial charge in [-0.25, -0.2) is 12.8 Å². The third kappa shape index (κ3) is 5.62. The predicted molar refractivity (Wildman–Crippen MR) is 87.6 cm³/mol. The van der Waals surface area contributed by atoms with Crippen LogP contribution in [0.1, 0.15) is 12.0 Å². The highest BCUT2D eigenvalue weighted by molar-refractivity contribution is 7.89. The molecule has 1 aliphatic rings. The lowest BCUT2D eigenvalue weighted by atomic mass is 10.2. The molecule has 1 aliphatic heterocycles. The summed E-state index contributed by atoms with van der Waals surface area (Å²) in [4.78, 5) is 0.887. The zero-order valence-electron chi connectivity index (χ0n) is 14.4. The Morgan fingerprint density at radius 2 is 1.89 bits per heavy atom. The maximum atomic E-state index is 14.1. The normalized spacial score (nSPS) is 16.4. The van der Waals surface area contributed by atoms with E-state index in [0.717, 1.165) is 4.31 Å². The number of sulfonamides is 1. The Morgan fingerprint density at radius 1 is 1.22 bits per heavy atom. The molecular formula is C16H19F4N3O3S. The van der Waals surface area contributed by atoms with Gasteiger partial charge in [-0.2, -0.15) is 22.7 Å². The minimum atomic E-state index is -4.80. The Kier molecular flexibility index (Phi) is 7.16. The van der Waals surface area contributed by atoms with Gasteiger partial charge in [0.15, 0.2) is 0 Å². The third-order valence-electron chi connectivity index (χ3n) is 4.12. The van der Waals surface area contributed by atoms with Gasteiger partial charge in [-0.1, -0.05) is 0 Å². The number of benzene rings is 1. The van der Waals surface area contributed by atoms with Crippen LogP contribution in [-0.4, -0.2) is 63.6 Å². The number of rotatable bonds is 7. The van der Waals surface area contributed by atoms with Gasteiger partial charge in [-0.3, -0.25) is 4.90 Å². The summed E-state index contributed by atoms with van der Waals surface area (Å²) in [6, 6.07) is 3.06. The fourth-order valence-electron chi connectivity index (χ4n) is 2.62. The van der Waals surface area contributed by atoms with Crippen molar-refractivity contribution >= 4 is 10.0 Å². The highest BCUT2D eigenvalue weighted by Crippen LogP contribution is 2.32. The van der Waals surface area contributed by atoms with Crippen molar-refractivity contribution in [3.05, 3.63) is 29.6 Å². The van der Waals surface area contributed by atoms with Crippen LogP contribution in [0.3, 0.4) is 0 Å². The van der Waals surface area contributed by atoms with Crippen molar-refractivity contribution in [3.63, 3.8) is 0 Å². The largest absolute Gasteiger partial charge is 0.416 e. The molecule has 1 saturated heterocycles. The Bertz CT molecular complexity index is 787. The van der Waals surface area contributed by atoms with Crippen molar-refractivity contribution in [2.45, 2.75) is 17.5 Å². The first-order valence-electron chi connectivity index (χ1n) is 8.20. The first-order chi connectivity index (χ1) is 12.7. The maximum Gasteiger partial charge on any atom is 0.416 e. The molecule has 0 radical (unpaired) electrons. The van der Waals surface area contributed by atoms with E-state index in [1.165, 1.54) is 0 Å². The number of hydrogen-bond acceptors (Lipinski definition) is 5. The average Bonchev–Trinajstić information content (AvgIpc) is 2.61. The fourth-order valence-corrected chi connectivity index (χ4v) is 4.14. The van der Waals surface area contributed by atoms with Gasteiger partial charge in [0.2, 0.25) is 10.0 Å². The molecule has 0 bridgehead atoms. The van der Waals surface area contributed by atoms with Crippen molar-refractivity contribution in [3.8, 4) is 6.07 Å². The number of ether oxygens (including phenoxy) is 1. The van der Waals surface area contributed by atoms with Gasteiger partial charge >= 0.3 is 6.18 Å². The molecule has 1 aromatic carbocycles. The standard InChI is InChI=1S/C16H19F4N3O3S/c17-14-3-2-13(16(18,19)20)12-15(14)27(24,25)23(5-1-4-21)7-6-22-8-10-26-11-9-22/h2-3,12H,1,5-11H2. The van der Waals surface area contributed by atoms with Gasteiger partial charge in [0, 0.05) is 39.1 Å². The number of hydrogen-bond donors (Lipinski definition) is 0. The van der Waals surface area contributed by atoms with Crippen LogP contribution in [0.5, 0.6) is 0 Å². The SMILES string of the molecule is N#CCCN(CCN1CCOCC1)S(=O)(=O)c1cc(C(F)(F)F)ccc1F. The minimum absolute atomic E-state index is 0.0697. The third-order valence-corrected chi connectivity index (χ3v) is 6.03. The van der Waals surface area contributed by atoms with Crippen molar-refractivity contribution < 1.29 is 30.7 Å². The zero-order chi connectivity index (χ0) is 20.1. The van der Waals surface area contributed by atoms with E-state index < -0.39 is 32.5 Å². The van der Waals surface area contributed by atoms with Crippen molar-refractivity contribution in [1.29, 1.82) is 5.26 Å². The summed E-state index contributed by atoms with van der Waals surface area (Å²) in [6.07, 6.45) is -4.97. The van der Waals surface area contributed by atoms with Crippen LogP contribution in [0, 0.1) is 17.1 Å². The summed E-state index contributed by atoms with van der Waals surface area (Å²) in [6.45, 7) is 2.15. The fraction of sp³-hybridized carbons (Fsp3) is 0.562. The molecular weight excluding hydrogens is 390 g/mol. The summed E-state index contributed by atoms with van der Waals surface area (Å²) < 4.78 is 84.3. The average molecular weight is 409 g/mol. The molecule has 1 aromatic rings. The number of alkyl halides is 3. The second-order valence-corrected chi connectivity index (χ2v) is 7.82. The molecule has 27 heavy (non-hydrogen) atoms. The van der Waals surface area contributed by atoms with E-state index in [1.807, 2.05) is 4.90 Å². The lowest BCUT2D eigenvalue weighted by molar-refractivity contribution is -0.137. The van der Waals surface area contributed by atoms with Crippen molar-refractivity contribution in [2.75, 3.05) is 45.9 Å². The van der Waals surface area contributed by atoms with Crippen LogP contribution in [0.15, 0.2) is 23.1 Å². The number of morpholine rings is 1. The Morgan fingerprint density at radius 3 is 2.48 bits per heavy atom. The van der Waals surface area contributed by atoms with Crippen molar-refractivity contribution in [1.82, 2.24) is 9.21 Å². The van der Waals surface area contributed by atoms with E-state index in [2.05, 4.69) is 0 Å². The molecule has 6 nitrogen and oxygen atoms in total. The molecule has 1 heterocycles. The quantitative estimate of drug-likeness (QED) is 0.645. The lowest BCUT2D eigenvalue weighted by Crippen LogP contribution is -2.43. The van der Waals surface area contributed by atoms with E-state index in [-0.39, 0.29) is 19.5 Å². The monoisotopic (exact) mass is 409 g/mol. The van der Waals surface area contributed by atoms with Crippen LogP contribution in [-0.2, 0) is 20.9 Å². The van der Waals surface area contributed by atoms with Crippen LogP contribution in [0.2, 0.25) is 0 Å². The number of nitriles is 1. The van der Waals surface area contributed by atoms with E-state index in [9.17, 15) is 26.0 Å². The molecule has 1 fully saturated rings. The summed E-state index contributed by atoms with van der Waals surface area (Å²) in [5.41, 5.74) is -1.25. The van der Waals surface area contributed by atoms with Gasteiger partial charge in [-0.05, 0) is 18.2 Å². The maximum absolute atomic E-state index is 14.1. The van der Waals surface area contributed by atoms with Crippen LogP contribution < -0.4 is 0 Å². The summed E-state index contributed by atoms with van der Waals surface area (Å²) in [5.74, 6) is -1.27. The first kappa shape index (κ1) is 21.6. The lowest BCUT2D eigenvalue weighted by Gasteiger charge is -2.29. The molecule has 0 saturated carbocycles.